The monoisotopic (exact) mass is 648 g/mol. The maximum Gasteiger partial charge on any atom is 0.410 e. The smallest absolute Gasteiger partial charge is 0.410 e. The molecule has 0 saturated carbocycles. The third kappa shape index (κ3) is 7.58. The number of piperazine rings is 1. The summed E-state index contributed by atoms with van der Waals surface area (Å²) in [5.41, 5.74) is 5.41. The molecule has 6 rings (SSSR count). The molecule has 9 nitrogen and oxygen atoms in total. The Bertz CT molecular complexity index is 1530. The standard InChI is InChI=1S/C35H45ClN6O3.CH4/c1-24-18-39(23-38-24)19-25-7-6-14-41(20-25)33(43)30-21-40(15-16-42(30)34(44)45-22-35(2,3)4)32-29-12-11-28(36)17-27(29)10-9-26-8-5-13-37-31(26)32;/h5,8,11-13,17-18,23,25,30,32H,6-7,9-10,14-16,19-22H2,1-4H3;1H4/t25-,30+,32-;/m0./s1. The Hall–Kier alpha value is -3.43. The molecule has 2 fully saturated rings. The number of carbonyl (C=O) groups excluding carboxylic acids is 2. The van der Waals surface area contributed by atoms with Crippen LogP contribution in [0.2, 0.25) is 5.02 Å². The molecule has 46 heavy (non-hydrogen) atoms. The van der Waals surface area contributed by atoms with Crippen LogP contribution in [0.1, 0.15) is 75.2 Å². The molecule has 10 heteroatoms. The lowest BCUT2D eigenvalue weighted by atomic mass is 9.94. The predicted molar refractivity (Wildman–Crippen MR) is 181 cm³/mol. The number of fused-ring (bicyclic) bond motifs is 2. The topological polar surface area (TPSA) is 83.8 Å². The highest BCUT2D eigenvalue weighted by atomic mass is 35.5. The van der Waals surface area contributed by atoms with Gasteiger partial charge in [-0.2, -0.15) is 0 Å². The average Bonchev–Trinajstić information content (AvgIpc) is 3.35. The second-order valence-electron chi connectivity index (χ2n) is 14.1. The van der Waals surface area contributed by atoms with Crippen molar-refractivity contribution in [2.75, 3.05) is 39.3 Å². The molecule has 248 valence electrons. The van der Waals surface area contributed by atoms with Gasteiger partial charge in [0.1, 0.15) is 6.04 Å². The van der Waals surface area contributed by atoms with Crippen LogP contribution < -0.4 is 0 Å². The molecule has 2 aliphatic heterocycles. The SMILES string of the molecule is C.Cc1cn(C[C@@H]2CCCN(C(=O)[C@H]3CN([C@H]4c5ccc(Cl)cc5CCc5cccnc54)CCN3C(=O)OCC(C)(C)C)C2)cn1. The number of ether oxygens (including phenoxy) is 1. The van der Waals surface area contributed by atoms with E-state index < -0.39 is 12.1 Å². The molecular weight excluding hydrogens is 600 g/mol. The Morgan fingerprint density at radius 2 is 1.85 bits per heavy atom. The summed E-state index contributed by atoms with van der Waals surface area (Å²) < 4.78 is 7.92. The van der Waals surface area contributed by atoms with Gasteiger partial charge in [-0.1, -0.05) is 51.9 Å². The van der Waals surface area contributed by atoms with Crippen molar-refractivity contribution in [2.45, 2.75) is 79.4 Å². The molecule has 0 spiro atoms. The quantitative estimate of drug-likeness (QED) is 0.329. The highest BCUT2D eigenvalue weighted by molar-refractivity contribution is 6.30. The van der Waals surface area contributed by atoms with Crippen molar-refractivity contribution in [3.8, 4) is 0 Å². The molecule has 0 bridgehead atoms. The van der Waals surface area contributed by atoms with Gasteiger partial charge in [-0.3, -0.25) is 19.6 Å². The Morgan fingerprint density at radius 3 is 2.61 bits per heavy atom. The van der Waals surface area contributed by atoms with Crippen molar-refractivity contribution in [1.82, 2.24) is 29.2 Å². The van der Waals surface area contributed by atoms with E-state index in [2.05, 4.69) is 38.8 Å². The summed E-state index contributed by atoms with van der Waals surface area (Å²) in [6.07, 6.45) is 9.09. The largest absolute Gasteiger partial charge is 0.449 e. The van der Waals surface area contributed by atoms with Crippen LogP contribution in [0.3, 0.4) is 0 Å². The van der Waals surface area contributed by atoms with Gasteiger partial charge >= 0.3 is 6.09 Å². The van der Waals surface area contributed by atoms with Crippen LogP contribution in [0.25, 0.3) is 0 Å². The first-order chi connectivity index (χ1) is 21.6. The fourth-order valence-electron chi connectivity index (χ4n) is 7.08. The molecule has 3 aliphatic rings. The van der Waals surface area contributed by atoms with Gasteiger partial charge in [0, 0.05) is 56.7 Å². The number of imidazole rings is 1. The summed E-state index contributed by atoms with van der Waals surface area (Å²) in [6.45, 7) is 12.0. The minimum atomic E-state index is -0.661. The van der Waals surface area contributed by atoms with Gasteiger partial charge in [-0.15, -0.1) is 0 Å². The van der Waals surface area contributed by atoms with E-state index in [9.17, 15) is 9.59 Å². The lowest BCUT2D eigenvalue weighted by Gasteiger charge is -2.45. The zero-order valence-electron chi connectivity index (χ0n) is 26.9. The molecule has 2 saturated heterocycles. The molecule has 4 heterocycles. The number of pyridine rings is 1. The van der Waals surface area contributed by atoms with Crippen LogP contribution in [0.4, 0.5) is 4.79 Å². The third-order valence-corrected chi connectivity index (χ3v) is 9.47. The lowest BCUT2D eigenvalue weighted by molar-refractivity contribution is -0.141. The Morgan fingerprint density at radius 1 is 1.04 bits per heavy atom. The van der Waals surface area contributed by atoms with Crippen molar-refractivity contribution in [3.63, 3.8) is 0 Å². The highest BCUT2D eigenvalue weighted by Gasteiger charge is 2.43. The van der Waals surface area contributed by atoms with E-state index in [0.717, 1.165) is 48.6 Å². The van der Waals surface area contributed by atoms with E-state index in [0.29, 0.717) is 38.6 Å². The summed E-state index contributed by atoms with van der Waals surface area (Å²) in [5.74, 6) is 0.317. The van der Waals surface area contributed by atoms with Crippen molar-refractivity contribution >= 4 is 23.6 Å². The number of rotatable bonds is 5. The Balaban J connectivity index is 0.00000417. The summed E-state index contributed by atoms with van der Waals surface area (Å²) >= 11 is 6.46. The fourth-order valence-corrected chi connectivity index (χ4v) is 7.27. The number of likely N-dealkylation sites (tertiary alicyclic amines) is 1. The van der Waals surface area contributed by atoms with E-state index in [1.165, 1.54) is 16.7 Å². The molecule has 2 amide bonds. The molecule has 0 N–H and O–H groups in total. The van der Waals surface area contributed by atoms with Crippen molar-refractivity contribution in [1.29, 1.82) is 0 Å². The van der Waals surface area contributed by atoms with Crippen molar-refractivity contribution in [2.24, 2.45) is 11.3 Å². The highest BCUT2D eigenvalue weighted by Crippen LogP contribution is 2.38. The molecular formula is C36H49ClN6O3. The van der Waals surface area contributed by atoms with E-state index >= 15 is 0 Å². The van der Waals surface area contributed by atoms with Gasteiger partial charge < -0.3 is 14.2 Å². The molecule has 3 aromatic rings. The second-order valence-corrected chi connectivity index (χ2v) is 14.6. The first kappa shape index (κ1) is 33.9. The van der Waals surface area contributed by atoms with Gasteiger partial charge in [-0.05, 0) is 78.8 Å². The Kier molecular flexibility index (Phi) is 10.4. The minimum Gasteiger partial charge on any atom is -0.449 e. The van der Waals surface area contributed by atoms with Crippen molar-refractivity contribution in [3.05, 3.63) is 82.2 Å². The number of carbonyl (C=O) groups is 2. The van der Waals surface area contributed by atoms with Gasteiger partial charge in [0.2, 0.25) is 5.91 Å². The van der Waals surface area contributed by atoms with E-state index in [1.54, 1.807) is 4.90 Å². The van der Waals surface area contributed by atoms with Crippen LogP contribution in [-0.4, -0.2) is 86.6 Å². The van der Waals surface area contributed by atoms with Gasteiger partial charge in [0.05, 0.1) is 30.4 Å². The molecule has 1 aromatic carbocycles. The van der Waals surface area contributed by atoms with Crippen LogP contribution in [-0.2, 0) is 28.9 Å². The minimum absolute atomic E-state index is 0. The van der Waals surface area contributed by atoms with Gasteiger partial charge in [0.25, 0.3) is 0 Å². The summed E-state index contributed by atoms with van der Waals surface area (Å²) in [4.78, 5) is 43.4. The second kappa shape index (κ2) is 14.1. The zero-order valence-corrected chi connectivity index (χ0v) is 27.7. The first-order valence-electron chi connectivity index (χ1n) is 16.2. The van der Waals surface area contributed by atoms with Gasteiger partial charge in [0.15, 0.2) is 0 Å². The number of hydrogen-bond donors (Lipinski definition) is 0. The first-order valence-corrected chi connectivity index (χ1v) is 16.6. The number of nitrogens with zero attached hydrogens (tertiary/aromatic N) is 6. The molecule has 3 atom stereocenters. The van der Waals surface area contributed by atoms with Crippen molar-refractivity contribution < 1.29 is 14.3 Å². The number of piperidine rings is 1. The number of aromatic nitrogens is 3. The summed E-state index contributed by atoms with van der Waals surface area (Å²) in [6, 6.07) is 9.46. The normalized spacial score (nSPS) is 21.9. The summed E-state index contributed by atoms with van der Waals surface area (Å²) in [5, 5.41) is 0.719. The zero-order chi connectivity index (χ0) is 31.7. The number of aryl methyl sites for hydroxylation is 3. The predicted octanol–water partition coefficient (Wildman–Crippen LogP) is 6.17. The third-order valence-electron chi connectivity index (χ3n) is 9.24. The molecule has 0 radical (unpaired) electrons. The maximum absolute atomic E-state index is 14.5. The van der Waals surface area contributed by atoms with E-state index in [4.69, 9.17) is 21.3 Å². The van der Waals surface area contributed by atoms with Crippen LogP contribution >= 0.6 is 11.6 Å². The molecule has 1 aliphatic carbocycles. The number of benzene rings is 1. The summed E-state index contributed by atoms with van der Waals surface area (Å²) in [7, 11) is 0. The van der Waals surface area contributed by atoms with Gasteiger partial charge in [-0.25, -0.2) is 9.78 Å². The van der Waals surface area contributed by atoms with Crippen LogP contribution in [0.15, 0.2) is 49.1 Å². The average molecular weight is 649 g/mol. The fraction of sp³-hybridized carbons (Fsp3) is 0.556. The number of amides is 2. The number of hydrogen-bond acceptors (Lipinski definition) is 6. The lowest BCUT2D eigenvalue weighted by Crippen LogP contribution is -2.62. The van der Waals surface area contributed by atoms with E-state index in [-0.39, 0.29) is 31.4 Å². The van der Waals surface area contributed by atoms with Crippen LogP contribution in [0, 0.1) is 18.3 Å². The number of halogens is 1. The molecule has 0 unspecified atom stereocenters. The molecule has 2 aromatic heterocycles. The van der Waals surface area contributed by atoms with Crippen LogP contribution in [0.5, 0.6) is 0 Å². The van der Waals surface area contributed by atoms with E-state index in [1.807, 2.05) is 57.3 Å². The Labute approximate surface area is 278 Å². The maximum atomic E-state index is 14.5.